The van der Waals surface area contributed by atoms with Crippen LogP contribution in [-0.4, -0.2) is 36.1 Å². The molecular formula is C31H29F6N3O. The summed E-state index contributed by atoms with van der Waals surface area (Å²) in [4.78, 5) is 6.63. The normalized spacial score (nSPS) is 15.3. The minimum Gasteiger partial charge on any atom is -0.492 e. The summed E-state index contributed by atoms with van der Waals surface area (Å²) in [6, 6.07) is 18.1. The van der Waals surface area contributed by atoms with Gasteiger partial charge in [-0.3, -0.25) is 9.88 Å². The number of aryl methyl sites for hydroxylation is 1. The Labute approximate surface area is 234 Å². The van der Waals surface area contributed by atoms with E-state index in [-0.39, 0.29) is 24.0 Å². The number of rotatable bonds is 7. The minimum atomic E-state index is -4.55. The number of anilines is 2. The third kappa shape index (κ3) is 7.11. The van der Waals surface area contributed by atoms with E-state index < -0.39 is 23.5 Å². The molecule has 1 N–H and O–H groups in total. The molecule has 10 heteroatoms. The summed E-state index contributed by atoms with van der Waals surface area (Å²) < 4.78 is 85.5. The monoisotopic (exact) mass is 573 g/mol. The van der Waals surface area contributed by atoms with Crippen LogP contribution in [0, 0.1) is 6.92 Å². The molecule has 0 atom stereocenters. The average Bonchev–Trinajstić information content (AvgIpc) is 2.92. The molecule has 0 unspecified atom stereocenters. The zero-order chi connectivity index (χ0) is 29.2. The number of halogens is 6. The molecule has 5 rings (SSSR count). The van der Waals surface area contributed by atoms with E-state index in [0.717, 1.165) is 72.4 Å². The molecule has 3 aromatic carbocycles. The van der Waals surface area contributed by atoms with Gasteiger partial charge in [0.2, 0.25) is 0 Å². The van der Waals surface area contributed by atoms with Gasteiger partial charge in [0, 0.05) is 35.1 Å². The zero-order valence-corrected chi connectivity index (χ0v) is 22.3. The Bertz CT molecular complexity index is 1490. The molecule has 1 fully saturated rings. The summed E-state index contributed by atoms with van der Waals surface area (Å²) in [7, 11) is 0. The van der Waals surface area contributed by atoms with E-state index in [1.165, 1.54) is 0 Å². The molecule has 2 heterocycles. The second-order valence-electron chi connectivity index (χ2n) is 10.3. The SMILES string of the molecule is Cc1cc(Nc2cc(OCCN3CCC(c4ccc(C(F)(F)F)cc4)CC3)cc(C(F)(F)F)c2)c2ccccc2n1. The predicted octanol–water partition coefficient (Wildman–Crippen LogP) is 8.58. The Balaban J connectivity index is 1.21. The van der Waals surface area contributed by atoms with Crippen molar-refractivity contribution < 1.29 is 31.1 Å². The van der Waals surface area contributed by atoms with Gasteiger partial charge in [0.05, 0.1) is 16.6 Å². The molecule has 0 aliphatic carbocycles. The van der Waals surface area contributed by atoms with Crippen LogP contribution in [0.2, 0.25) is 0 Å². The second kappa shape index (κ2) is 11.6. The first kappa shape index (κ1) is 28.7. The highest BCUT2D eigenvalue weighted by atomic mass is 19.4. The molecule has 41 heavy (non-hydrogen) atoms. The number of likely N-dealkylation sites (tertiary alicyclic amines) is 1. The van der Waals surface area contributed by atoms with Gasteiger partial charge in [-0.2, -0.15) is 26.3 Å². The van der Waals surface area contributed by atoms with Gasteiger partial charge in [-0.1, -0.05) is 30.3 Å². The molecule has 1 saturated heterocycles. The highest BCUT2D eigenvalue weighted by Gasteiger charge is 2.32. The lowest BCUT2D eigenvalue weighted by molar-refractivity contribution is -0.138. The lowest BCUT2D eigenvalue weighted by Gasteiger charge is -2.32. The van der Waals surface area contributed by atoms with E-state index in [1.807, 2.05) is 31.2 Å². The number of hydrogen-bond acceptors (Lipinski definition) is 4. The third-order valence-corrected chi connectivity index (χ3v) is 7.33. The van der Waals surface area contributed by atoms with Crippen molar-refractivity contribution in [2.45, 2.75) is 38.0 Å². The molecule has 4 nitrogen and oxygen atoms in total. The zero-order valence-electron chi connectivity index (χ0n) is 22.3. The Hall–Kier alpha value is -3.79. The fourth-order valence-electron chi connectivity index (χ4n) is 5.21. The van der Waals surface area contributed by atoms with Gasteiger partial charge in [-0.25, -0.2) is 0 Å². The van der Waals surface area contributed by atoms with E-state index >= 15 is 0 Å². The summed E-state index contributed by atoms with van der Waals surface area (Å²) in [6.45, 7) is 3.98. The molecule has 1 aliphatic rings. The van der Waals surface area contributed by atoms with E-state index in [0.29, 0.717) is 12.2 Å². The van der Waals surface area contributed by atoms with Crippen molar-refractivity contribution in [3.05, 3.63) is 95.2 Å². The lowest BCUT2D eigenvalue weighted by Crippen LogP contribution is -2.35. The standard InChI is InChI=1S/C31H29F6N3O/c1-20-16-29(27-4-2-3-5-28(27)38-20)39-25-17-24(31(35,36)37)18-26(19-25)41-15-14-40-12-10-22(11-13-40)21-6-8-23(9-7-21)30(32,33)34/h2-9,16-19,22H,10-15H2,1H3,(H,38,39). The quantitative estimate of drug-likeness (QED) is 0.225. The smallest absolute Gasteiger partial charge is 0.416 e. The van der Waals surface area contributed by atoms with Crippen molar-refractivity contribution in [1.29, 1.82) is 0 Å². The Morgan fingerprint density at radius 2 is 1.54 bits per heavy atom. The van der Waals surface area contributed by atoms with Gasteiger partial charge in [-0.05, 0) is 80.7 Å². The van der Waals surface area contributed by atoms with Crippen LogP contribution in [0.3, 0.4) is 0 Å². The molecule has 0 radical (unpaired) electrons. The summed E-state index contributed by atoms with van der Waals surface area (Å²) in [5.41, 5.74) is 1.78. The summed E-state index contributed by atoms with van der Waals surface area (Å²) in [5.74, 6) is 0.275. The van der Waals surface area contributed by atoms with E-state index in [1.54, 1.807) is 24.3 Å². The van der Waals surface area contributed by atoms with Gasteiger partial charge in [0.1, 0.15) is 12.4 Å². The Kier molecular flexibility index (Phi) is 8.13. The van der Waals surface area contributed by atoms with Crippen LogP contribution in [0.1, 0.15) is 41.1 Å². The number of benzene rings is 3. The molecule has 0 spiro atoms. The second-order valence-corrected chi connectivity index (χ2v) is 10.3. The number of pyridine rings is 1. The van der Waals surface area contributed by atoms with Gasteiger partial charge in [0.25, 0.3) is 0 Å². The fourth-order valence-corrected chi connectivity index (χ4v) is 5.21. The number of nitrogens with zero attached hydrogens (tertiary/aromatic N) is 2. The number of hydrogen-bond donors (Lipinski definition) is 1. The van der Waals surface area contributed by atoms with Gasteiger partial charge in [-0.15, -0.1) is 0 Å². The van der Waals surface area contributed by atoms with Crippen LogP contribution in [0.15, 0.2) is 72.8 Å². The maximum Gasteiger partial charge on any atom is 0.416 e. The largest absolute Gasteiger partial charge is 0.492 e. The first-order chi connectivity index (χ1) is 19.5. The number of aromatic nitrogens is 1. The molecule has 0 amide bonds. The molecule has 0 bridgehead atoms. The van der Waals surface area contributed by atoms with Crippen molar-refractivity contribution in [3.8, 4) is 5.75 Å². The van der Waals surface area contributed by atoms with Crippen molar-refractivity contribution in [2.75, 3.05) is 31.6 Å². The molecule has 4 aromatic rings. The van der Waals surface area contributed by atoms with Crippen molar-refractivity contribution in [1.82, 2.24) is 9.88 Å². The van der Waals surface area contributed by atoms with E-state index in [9.17, 15) is 26.3 Å². The van der Waals surface area contributed by atoms with Crippen molar-refractivity contribution in [2.24, 2.45) is 0 Å². The fraction of sp³-hybridized carbons (Fsp3) is 0.323. The molecule has 216 valence electrons. The Morgan fingerprint density at radius 1 is 0.854 bits per heavy atom. The number of para-hydroxylation sites is 1. The number of ether oxygens (including phenoxy) is 1. The molecule has 1 aromatic heterocycles. The molecule has 0 saturated carbocycles. The molecule has 1 aliphatic heterocycles. The number of nitrogens with one attached hydrogen (secondary N) is 1. The first-order valence-corrected chi connectivity index (χ1v) is 13.3. The van der Waals surface area contributed by atoms with Crippen LogP contribution in [-0.2, 0) is 12.4 Å². The van der Waals surface area contributed by atoms with Crippen molar-refractivity contribution >= 4 is 22.3 Å². The lowest BCUT2D eigenvalue weighted by atomic mass is 9.89. The third-order valence-electron chi connectivity index (χ3n) is 7.33. The van der Waals surface area contributed by atoms with Crippen LogP contribution >= 0.6 is 0 Å². The number of fused-ring (bicyclic) bond motifs is 1. The van der Waals surface area contributed by atoms with Gasteiger partial charge < -0.3 is 10.1 Å². The maximum atomic E-state index is 13.7. The highest BCUT2D eigenvalue weighted by molar-refractivity contribution is 5.93. The Morgan fingerprint density at radius 3 is 2.22 bits per heavy atom. The highest BCUT2D eigenvalue weighted by Crippen LogP contribution is 2.37. The number of piperidine rings is 1. The van der Waals surface area contributed by atoms with Crippen LogP contribution in [0.25, 0.3) is 10.9 Å². The summed E-state index contributed by atoms with van der Waals surface area (Å²) in [5, 5.41) is 3.91. The predicted molar refractivity (Wildman–Crippen MR) is 147 cm³/mol. The van der Waals surface area contributed by atoms with Crippen LogP contribution in [0.5, 0.6) is 5.75 Å². The summed E-state index contributed by atoms with van der Waals surface area (Å²) in [6.07, 6.45) is -7.35. The first-order valence-electron chi connectivity index (χ1n) is 13.3. The van der Waals surface area contributed by atoms with Gasteiger partial charge >= 0.3 is 12.4 Å². The number of alkyl halides is 6. The van der Waals surface area contributed by atoms with Crippen LogP contribution < -0.4 is 10.1 Å². The van der Waals surface area contributed by atoms with Gasteiger partial charge in [0.15, 0.2) is 0 Å². The van der Waals surface area contributed by atoms with E-state index in [2.05, 4.69) is 15.2 Å². The van der Waals surface area contributed by atoms with E-state index in [4.69, 9.17) is 4.74 Å². The topological polar surface area (TPSA) is 37.4 Å². The average molecular weight is 574 g/mol. The maximum absolute atomic E-state index is 13.7. The minimum absolute atomic E-state index is 0.108. The van der Waals surface area contributed by atoms with Crippen molar-refractivity contribution in [3.63, 3.8) is 0 Å². The van der Waals surface area contributed by atoms with Crippen LogP contribution in [0.4, 0.5) is 37.7 Å². The molecular weight excluding hydrogens is 544 g/mol. The summed E-state index contributed by atoms with van der Waals surface area (Å²) >= 11 is 0.